The van der Waals surface area contributed by atoms with Crippen LogP contribution in [0.25, 0.3) is 0 Å². The summed E-state index contributed by atoms with van der Waals surface area (Å²) in [5.74, 6) is -1.12. The monoisotopic (exact) mass is 718 g/mol. The number of carbonyl (C=O) groups is 5. The van der Waals surface area contributed by atoms with E-state index in [-0.39, 0.29) is 43.0 Å². The first kappa shape index (κ1) is 39.0. The number of rotatable bonds is 8. The van der Waals surface area contributed by atoms with E-state index in [1.54, 1.807) is 36.4 Å². The van der Waals surface area contributed by atoms with Gasteiger partial charge in [-0.2, -0.15) is 0 Å². The van der Waals surface area contributed by atoms with E-state index in [0.29, 0.717) is 50.2 Å². The number of hydrogen-bond donors (Lipinski definition) is 3. The van der Waals surface area contributed by atoms with Gasteiger partial charge in [-0.1, -0.05) is 56.3 Å². The maximum Gasteiger partial charge on any atom is 0.273 e. The van der Waals surface area contributed by atoms with Gasteiger partial charge in [0.15, 0.2) is 0 Å². The summed E-state index contributed by atoms with van der Waals surface area (Å²) < 4.78 is 5.26. The SMILES string of the molecule is COc1ccc(C[C@@H]2NC(=O)[C@@H](CC(C)C)NC(=O)CCCN(C(=O)c3csc(Cc4ccccc4)n3)CCCNC(=O)[C@H](C)N(C)C2=O)cc1. The minimum Gasteiger partial charge on any atom is -0.497 e. The highest BCUT2D eigenvalue weighted by Crippen LogP contribution is 2.18. The molecule has 4 rings (SSSR count). The van der Waals surface area contributed by atoms with E-state index in [0.717, 1.165) is 16.1 Å². The van der Waals surface area contributed by atoms with Crippen molar-refractivity contribution in [1.82, 2.24) is 30.7 Å². The molecule has 1 saturated heterocycles. The predicted octanol–water partition coefficient (Wildman–Crippen LogP) is 3.59. The van der Waals surface area contributed by atoms with Crippen LogP contribution in [0, 0.1) is 5.92 Å². The number of carbonyl (C=O) groups excluding carboxylic acids is 5. The van der Waals surface area contributed by atoms with Crippen molar-refractivity contribution in [3.8, 4) is 5.75 Å². The van der Waals surface area contributed by atoms with Gasteiger partial charge in [-0.25, -0.2) is 4.98 Å². The Kier molecular flexibility index (Phi) is 14.5. The molecule has 2 aromatic carbocycles. The van der Waals surface area contributed by atoms with Crippen molar-refractivity contribution in [2.24, 2.45) is 5.92 Å². The highest BCUT2D eigenvalue weighted by Gasteiger charge is 2.32. The first-order valence-corrected chi connectivity index (χ1v) is 18.4. The van der Waals surface area contributed by atoms with Gasteiger partial charge in [0.25, 0.3) is 5.91 Å². The minimum atomic E-state index is -0.991. The molecule has 0 radical (unpaired) electrons. The molecule has 1 aliphatic rings. The number of benzene rings is 2. The maximum atomic E-state index is 13.9. The largest absolute Gasteiger partial charge is 0.497 e. The molecule has 0 aliphatic carbocycles. The first-order chi connectivity index (χ1) is 24.4. The van der Waals surface area contributed by atoms with Gasteiger partial charge in [-0.05, 0) is 55.4 Å². The smallest absolute Gasteiger partial charge is 0.273 e. The topological polar surface area (TPSA) is 150 Å². The number of aromatic nitrogens is 1. The summed E-state index contributed by atoms with van der Waals surface area (Å²) in [4.78, 5) is 75.3. The summed E-state index contributed by atoms with van der Waals surface area (Å²) in [6.07, 6.45) is 2.06. The summed E-state index contributed by atoms with van der Waals surface area (Å²) in [5.41, 5.74) is 2.23. The van der Waals surface area contributed by atoms with Crippen LogP contribution in [0.1, 0.15) is 73.1 Å². The van der Waals surface area contributed by atoms with Crippen molar-refractivity contribution in [3.05, 3.63) is 81.8 Å². The molecule has 1 aliphatic heterocycles. The number of hydrogen-bond acceptors (Lipinski definition) is 8. The van der Waals surface area contributed by atoms with Crippen LogP contribution in [0.15, 0.2) is 60.0 Å². The predicted molar refractivity (Wildman–Crippen MR) is 196 cm³/mol. The van der Waals surface area contributed by atoms with Crippen molar-refractivity contribution >= 4 is 40.9 Å². The van der Waals surface area contributed by atoms with Gasteiger partial charge >= 0.3 is 0 Å². The standard InChI is InChI=1S/C38H50N6O6S/c1-25(2)21-30-36(47)42-31(22-28-14-16-29(50-5)17-15-28)37(48)43(4)26(3)35(46)39-18-10-20-44(19-9-13-33(45)40-30)38(49)32-24-51-34(41-32)23-27-11-7-6-8-12-27/h6-8,11-12,14-17,24-26,30-31H,9-10,13,18-23H2,1-5H3,(H,39,46)(H,40,45)(H,42,47)/t26-,30+,31-/m0/s1. The summed E-state index contributed by atoms with van der Waals surface area (Å²) in [7, 11) is 3.10. The Morgan fingerprint density at radius 1 is 0.941 bits per heavy atom. The molecule has 2 heterocycles. The quantitative estimate of drug-likeness (QED) is 0.322. The molecule has 51 heavy (non-hydrogen) atoms. The van der Waals surface area contributed by atoms with Gasteiger partial charge < -0.3 is 30.5 Å². The van der Waals surface area contributed by atoms with Gasteiger partial charge in [0, 0.05) is 51.3 Å². The van der Waals surface area contributed by atoms with E-state index in [9.17, 15) is 24.0 Å². The van der Waals surface area contributed by atoms with E-state index < -0.39 is 29.9 Å². The Morgan fingerprint density at radius 2 is 1.65 bits per heavy atom. The fourth-order valence-corrected chi connectivity index (χ4v) is 6.65. The van der Waals surface area contributed by atoms with Crippen molar-refractivity contribution in [2.75, 3.05) is 33.8 Å². The van der Waals surface area contributed by atoms with Crippen LogP contribution in [0.5, 0.6) is 5.75 Å². The third-order valence-corrected chi connectivity index (χ3v) is 9.72. The molecule has 0 unspecified atom stereocenters. The Bertz CT molecular complexity index is 1630. The van der Waals surface area contributed by atoms with Gasteiger partial charge in [0.1, 0.15) is 29.6 Å². The minimum absolute atomic E-state index is 0.0686. The Balaban J connectivity index is 1.52. The Labute approximate surface area is 304 Å². The zero-order valence-corrected chi connectivity index (χ0v) is 31.0. The molecule has 13 heteroatoms. The van der Waals surface area contributed by atoms with Gasteiger partial charge in [0.05, 0.1) is 12.1 Å². The molecule has 0 spiro atoms. The summed E-state index contributed by atoms with van der Waals surface area (Å²) >= 11 is 1.43. The number of nitrogens with one attached hydrogen (secondary N) is 3. The number of nitrogens with zero attached hydrogens (tertiary/aromatic N) is 3. The second kappa shape index (κ2) is 19.0. The molecular formula is C38H50N6O6S. The van der Waals surface area contributed by atoms with Crippen LogP contribution in [-0.2, 0) is 32.0 Å². The van der Waals surface area contributed by atoms with Crippen LogP contribution in [0.2, 0.25) is 0 Å². The Morgan fingerprint density at radius 3 is 2.33 bits per heavy atom. The molecule has 3 N–H and O–H groups in total. The van der Waals surface area contributed by atoms with E-state index in [2.05, 4.69) is 20.9 Å². The maximum absolute atomic E-state index is 13.9. The second-order valence-electron chi connectivity index (χ2n) is 13.3. The highest BCUT2D eigenvalue weighted by molar-refractivity contribution is 7.09. The lowest BCUT2D eigenvalue weighted by Gasteiger charge is -2.30. The molecule has 274 valence electrons. The van der Waals surface area contributed by atoms with Crippen LogP contribution in [0.4, 0.5) is 0 Å². The highest BCUT2D eigenvalue weighted by atomic mass is 32.1. The van der Waals surface area contributed by atoms with Crippen molar-refractivity contribution < 1.29 is 28.7 Å². The number of methoxy groups -OCH3 is 1. The van der Waals surface area contributed by atoms with Crippen LogP contribution in [0.3, 0.4) is 0 Å². The lowest BCUT2D eigenvalue weighted by Crippen LogP contribution is -2.57. The van der Waals surface area contributed by atoms with Gasteiger partial charge in [0.2, 0.25) is 23.6 Å². The molecule has 0 bridgehead atoms. The third-order valence-electron chi connectivity index (χ3n) is 8.87. The van der Waals surface area contributed by atoms with Crippen molar-refractivity contribution in [2.45, 2.75) is 77.4 Å². The Hall–Kier alpha value is -4.78. The summed E-state index contributed by atoms with van der Waals surface area (Å²) in [6, 6.07) is 14.4. The average Bonchev–Trinajstić information content (AvgIpc) is 3.59. The normalized spacial score (nSPS) is 20.2. The van der Waals surface area contributed by atoms with E-state index in [1.165, 1.54) is 23.3 Å². The van der Waals surface area contributed by atoms with E-state index in [4.69, 9.17) is 4.74 Å². The lowest BCUT2D eigenvalue weighted by molar-refractivity contribution is -0.141. The lowest BCUT2D eigenvalue weighted by atomic mass is 10.00. The van der Waals surface area contributed by atoms with Gasteiger partial charge in [-0.15, -0.1) is 11.3 Å². The third kappa shape index (κ3) is 11.6. The number of amides is 5. The average molecular weight is 719 g/mol. The van der Waals surface area contributed by atoms with E-state index in [1.807, 2.05) is 56.3 Å². The first-order valence-electron chi connectivity index (χ1n) is 17.5. The molecule has 0 saturated carbocycles. The fraction of sp³-hybridized carbons (Fsp3) is 0.474. The van der Waals surface area contributed by atoms with Crippen molar-refractivity contribution in [1.29, 1.82) is 0 Å². The zero-order chi connectivity index (χ0) is 36.9. The molecule has 3 aromatic rings. The molecule has 1 aromatic heterocycles. The van der Waals surface area contributed by atoms with Crippen LogP contribution in [-0.4, -0.2) is 96.2 Å². The molecule has 12 nitrogen and oxygen atoms in total. The van der Waals surface area contributed by atoms with Gasteiger partial charge in [-0.3, -0.25) is 24.0 Å². The van der Waals surface area contributed by atoms with Crippen LogP contribution < -0.4 is 20.7 Å². The number of likely N-dealkylation sites (N-methyl/N-ethyl adjacent to an activating group) is 1. The molecule has 5 amide bonds. The summed E-state index contributed by atoms with van der Waals surface area (Å²) in [5, 5.41) is 11.2. The second-order valence-corrected chi connectivity index (χ2v) is 14.3. The summed E-state index contributed by atoms with van der Waals surface area (Å²) in [6.45, 7) is 6.43. The molecule has 3 atom stereocenters. The molecule has 1 fully saturated rings. The number of thiazole rings is 1. The van der Waals surface area contributed by atoms with E-state index >= 15 is 0 Å². The number of ether oxygens (including phenoxy) is 1. The fourth-order valence-electron chi connectivity index (χ4n) is 5.85. The van der Waals surface area contributed by atoms with Crippen LogP contribution >= 0.6 is 11.3 Å². The zero-order valence-electron chi connectivity index (χ0n) is 30.1. The van der Waals surface area contributed by atoms with Crippen molar-refractivity contribution in [3.63, 3.8) is 0 Å². The molecular weight excluding hydrogens is 669 g/mol.